The zero-order chi connectivity index (χ0) is 19.6. The van der Waals surface area contributed by atoms with Crippen molar-refractivity contribution in [3.05, 3.63) is 41.3 Å². The molecule has 0 spiro atoms. The molecule has 1 aromatic heterocycles. The number of rotatable bonds is 5. The van der Waals surface area contributed by atoms with Crippen LogP contribution in [0.1, 0.15) is 35.8 Å². The van der Waals surface area contributed by atoms with Crippen molar-refractivity contribution in [1.29, 1.82) is 0 Å². The van der Waals surface area contributed by atoms with Crippen molar-refractivity contribution in [1.82, 2.24) is 9.97 Å². The van der Waals surface area contributed by atoms with Gasteiger partial charge < -0.3 is 0 Å². The summed E-state index contributed by atoms with van der Waals surface area (Å²) in [6.45, 7) is 3.38. The van der Waals surface area contributed by atoms with Crippen LogP contribution in [0.2, 0.25) is 0 Å². The van der Waals surface area contributed by atoms with E-state index in [0.29, 0.717) is 0 Å². The maximum absolute atomic E-state index is 13.2. The van der Waals surface area contributed by atoms with Crippen LogP contribution in [0.15, 0.2) is 24.3 Å². The standard InChI is InChI=1S/C16H17F2N3O4S/c1-9(2)13-12(15(22)25-18)14(10-5-7-11(17)8-6-10)20-16(19-13)21(3)26(4,23)24/h5-9H,1-4H3. The van der Waals surface area contributed by atoms with E-state index in [9.17, 15) is 22.1 Å². The SMILES string of the molecule is CC(C)c1nc(N(C)S(C)(=O)=O)nc(-c2ccc(F)cc2)c1C(=O)OF. The molecule has 1 heterocycles. The van der Waals surface area contributed by atoms with Gasteiger partial charge in [0, 0.05) is 17.1 Å². The third kappa shape index (κ3) is 3.96. The second kappa shape index (κ2) is 7.32. The first-order valence-corrected chi connectivity index (χ1v) is 9.35. The van der Waals surface area contributed by atoms with Gasteiger partial charge in [-0.15, -0.1) is 0 Å². The molecule has 0 radical (unpaired) electrons. The lowest BCUT2D eigenvalue weighted by Gasteiger charge is -2.20. The molecular formula is C16H17F2N3O4S. The summed E-state index contributed by atoms with van der Waals surface area (Å²) in [4.78, 5) is 23.6. The number of hydrogen-bond donors (Lipinski definition) is 0. The van der Waals surface area contributed by atoms with E-state index < -0.39 is 21.8 Å². The molecule has 0 atom stereocenters. The number of carbonyl (C=O) groups is 1. The molecule has 0 fully saturated rings. The summed E-state index contributed by atoms with van der Waals surface area (Å²) in [7, 11) is -2.44. The Morgan fingerprint density at radius 1 is 1.19 bits per heavy atom. The number of aromatic nitrogens is 2. The van der Waals surface area contributed by atoms with Gasteiger partial charge in [-0.3, -0.25) is 0 Å². The summed E-state index contributed by atoms with van der Waals surface area (Å²) in [5.41, 5.74) is 0.0725. The summed E-state index contributed by atoms with van der Waals surface area (Å²) in [5, 5.41) is 0. The van der Waals surface area contributed by atoms with E-state index in [1.165, 1.54) is 19.2 Å². The van der Waals surface area contributed by atoms with E-state index in [1.54, 1.807) is 13.8 Å². The van der Waals surface area contributed by atoms with Gasteiger partial charge in [-0.05, 0) is 30.2 Å². The molecule has 0 saturated heterocycles. The molecule has 10 heteroatoms. The topological polar surface area (TPSA) is 89.5 Å². The van der Waals surface area contributed by atoms with Gasteiger partial charge in [0.1, 0.15) is 11.4 Å². The van der Waals surface area contributed by atoms with E-state index in [4.69, 9.17) is 0 Å². The fourth-order valence-corrected chi connectivity index (χ4v) is 2.61. The van der Waals surface area contributed by atoms with Crippen molar-refractivity contribution >= 4 is 21.9 Å². The van der Waals surface area contributed by atoms with Gasteiger partial charge >= 0.3 is 5.97 Å². The van der Waals surface area contributed by atoms with Crippen LogP contribution in [0.4, 0.5) is 14.9 Å². The molecular weight excluding hydrogens is 368 g/mol. The summed E-state index contributed by atoms with van der Waals surface area (Å²) in [6.07, 6.45) is 0.965. The Bertz CT molecular complexity index is 931. The predicted octanol–water partition coefficient (Wildman–Crippen LogP) is 2.84. The van der Waals surface area contributed by atoms with Crippen molar-refractivity contribution in [3.8, 4) is 11.3 Å². The van der Waals surface area contributed by atoms with Crippen LogP contribution in [-0.2, 0) is 15.0 Å². The lowest BCUT2D eigenvalue weighted by atomic mass is 9.98. The molecule has 0 aliphatic rings. The summed E-state index contributed by atoms with van der Waals surface area (Å²) >= 11 is 0. The predicted molar refractivity (Wildman–Crippen MR) is 91.3 cm³/mol. The first-order chi connectivity index (χ1) is 12.1. The van der Waals surface area contributed by atoms with Crippen molar-refractivity contribution in [2.24, 2.45) is 0 Å². The van der Waals surface area contributed by atoms with Crippen molar-refractivity contribution in [2.75, 3.05) is 17.6 Å². The molecule has 0 unspecified atom stereocenters. The number of hydrogen-bond acceptors (Lipinski definition) is 6. The molecule has 0 aliphatic heterocycles. The molecule has 0 saturated carbocycles. The Kier molecular flexibility index (Phi) is 5.55. The quantitative estimate of drug-likeness (QED) is 0.786. The Hall–Kier alpha value is -2.62. The van der Waals surface area contributed by atoms with Gasteiger partial charge in [0.2, 0.25) is 16.0 Å². The minimum Gasteiger partial charge on any atom is -0.249 e. The smallest absolute Gasteiger partial charge is 0.249 e. The maximum Gasteiger partial charge on any atom is 0.383 e. The molecule has 140 valence electrons. The van der Waals surface area contributed by atoms with Crippen molar-refractivity contribution < 1.29 is 27.1 Å². The van der Waals surface area contributed by atoms with Gasteiger partial charge in [-0.25, -0.2) is 36.8 Å². The first-order valence-electron chi connectivity index (χ1n) is 7.51. The molecule has 1 aromatic carbocycles. The summed E-state index contributed by atoms with van der Waals surface area (Å²) in [5.74, 6) is -2.42. The Morgan fingerprint density at radius 2 is 1.77 bits per heavy atom. The molecule has 0 amide bonds. The number of anilines is 1. The third-order valence-electron chi connectivity index (χ3n) is 3.64. The molecule has 26 heavy (non-hydrogen) atoms. The van der Waals surface area contributed by atoms with E-state index >= 15 is 0 Å². The number of benzene rings is 1. The molecule has 0 aliphatic carbocycles. The van der Waals surface area contributed by atoms with E-state index in [-0.39, 0.29) is 34.4 Å². The number of nitrogens with zero attached hydrogens (tertiary/aromatic N) is 3. The highest BCUT2D eigenvalue weighted by molar-refractivity contribution is 7.92. The second-order valence-corrected chi connectivity index (χ2v) is 7.90. The fourth-order valence-electron chi connectivity index (χ4n) is 2.23. The number of carbonyl (C=O) groups excluding carboxylic acids is 1. The maximum atomic E-state index is 13.2. The van der Waals surface area contributed by atoms with Gasteiger partial charge in [0.05, 0.1) is 17.6 Å². The van der Waals surface area contributed by atoms with E-state index in [0.717, 1.165) is 22.7 Å². The highest BCUT2D eigenvalue weighted by Gasteiger charge is 2.28. The number of halogens is 2. The Morgan fingerprint density at radius 3 is 2.23 bits per heavy atom. The summed E-state index contributed by atoms with van der Waals surface area (Å²) in [6, 6.07) is 4.94. The highest BCUT2D eigenvalue weighted by atomic mass is 32.2. The zero-order valence-electron chi connectivity index (χ0n) is 14.5. The molecule has 2 rings (SSSR count). The van der Waals surface area contributed by atoms with Crippen LogP contribution in [0.5, 0.6) is 0 Å². The Labute approximate surface area is 149 Å². The Balaban J connectivity index is 2.86. The van der Waals surface area contributed by atoms with E-state index in [2.05, 4.69) is 14.9 Å². The van der Waals surface area contributed by atoms with E-state index in [1.807, 2.05) is 0 Å². The zero-order valence-corrected chi connectivity index (χ0v) is 15.3. The lowest BCUT2D eigenvalue weighted by Crippen LogP contribution is -2.28. The molecule has 2 aromatic rings. The van der Waals surface area contributed by atoms with Gasteiger partial charge in [0.15, 0.2) is 0 Å². The minimum atomic E-state index is -3.68. The van der Waals surface area contributed by atoms with Crippen molar-refractivity contribution in [3.63, 3.8) is 0 Å². The summed E-state index contributed by atoms with van der Waals surface area (Å²) < 4.78 is 50.4. The third-order valence-corrected chi connectivity index (χ3v) is 4.80. The van der Waals surface area contributed by atoms with Gasteiger partial charge in [-0.1, -0.05) is 13.8 Å². The van der Waals surface area contributed by atoms with Crippen LogP contribution >= 0.6 is 0 Å². The average Bonchev–Trinajstić information content (AvgIpc) is 2.59. The van der Waals surface area contributed by atoms with Crippen LogP contribution < -0.4 is 4.31 Å². The largest absolute Gasteiger partial charge is 0.383 e. The molecule has 0 bridgehead atoms. The fraction of sp³-hybridized carbons (Fsp3) is 0.312. The van der Waals surface area contributed by atoms with Gasteiger partial charge in [0.25, 0.3) is 0 Å². The van der Waals surface area contributed by atoms with Crippen LogP contribution in [0.3, 0.4) is 0 Å². The number of sulfonamides is 1. The lowest BCUT2D eigenvalue weighted by molar-refractivity contribution is -0.0789. The monoisotopic (exact) mass is 385 g/mol. The van der Waals surface area contributed by atoms with Crippen LogP contribution in [0.25, 0.3) is 11.3 Å². The van der Waals surface area contributed by atoms with Crippen molar-refractivity contribution in [2.45, 2.75) is 19.8 Å². The van der Waals surface area contributed by atoms with Crippen LogP contribution in [0, 0.1) is 5.82 Å². The molecule has 0 N–H and O–H groups in total. The first kappa shape index (κ1) is 19.7. The second-order valence-electron chi connectivity index (χ2n) is 5.89. The highest BCUT2D eigenvalue weighted by Crippen LogP contribution is 2.31. The normalized spacial score (nSPS) is 11.5. The molecule has 7 nitrogen and oxygen atoms in total. The minimum absolute atomic E-state index is 0.0585. The average molecular weight is 385 g/mol. The van der Waals surface area contributed by atoms with Crippen LogP contribution in [-0.4, -0.2) is 37.7 Å². The van der Waals surface area contributed by atoms with Gasteiger partial charge in [-0.2, -0.15) is 0 Å².